The Bertz CT molecular complexity index is 912. The van der Waals surface area contributed by atoms with Gasteiger partial charge in [0.15, 0.2) is 0 Å². The van der Waals surface area contributed by atoms with Crippen LogP contribution in [0, 0.1) is 0 Å². The number of ether oxygens (including phenoxy) is 1. The van der Waals surface area contributed by atoms with Gasteiger partial charge in [-0.25, -0.2) is 4.98 Å². The molecule has 28 heavy (non-hydrogen) atoms. The normalized spacial score (nSPS) is 15.6. The minimum atomic E-state index is 0.266. The van der Waals surface area contributed by atoms with Gasteiger partial charge in [0.25, 0.3) is 0 Å². The molecule has 5 heteroatoms. The third kappa shape index (κ3) is 4.26. The number of imidazole rings is 1. The van der Waals surface area contributed by atoms with Crippen molar-refractivity contribution in [2.45, 2.75) is 32.0 Å². The zero-order chi connectivity index (χ0) is 19.3. The molecule has 2 N–H and O–H groups in total. The zero-order valence-electron chi connectivity index (χ0n) is 16.4. The van der Waals surface area contributed by atoms with Crippen molar-refractivity contribution < 1.29 is 4.74 Å². The molecular weight excluding hydrogens is 348 g/mol. The summed E-state index contributed by atoms with van der Waals surface area (Å²) < 4.78 is 8.58. The van der Waals surface area contributed by atoms with Gasteiger partial charge in [0.1, 0.15) is 17.7 Å². The van der Waals surface area contributed by atoms with Crippen LogP contribution in [0.3, 0.4) is 0 Å². The van der Waals surface area contributed by atoms with Gasteiger partial charge < -0.3 is 19.9 Å². The molecule has 1 fully saturated rings. The molecule has 5 nitrogen and oxygen atoms in total. The molecular formula is C23H28N4O. The molecule has 1 aromatic heterocycles. The van der Waals surface area contributed by atoms with E-state index in [4.69, 9.17) is 10.5 Å². The van der Waals surface area contributed by atoms with Crippen LogP contribution in [-0.2, 0) is 13.1 Å². The van der Waals surface area contributed by atoms with E-state index in [1.165, 1.54) is 5.56 Å². The Morgan fingerprint density at radius 1 is 1.07 bits per heavy atom. The molecule has 1 saturated heterocycles. The first-order chi connectivity index (χ1) is 13.7. The first-order valence-electron chi connectivity index (χ1n) is 9.96. The van der Waals surface area contributed by atoms with Gasteiger partial charge in [-0.1, -0.05) is 36.4 Å². The lowest BCUT2D eigenvalue weighted by molar-refractivity contribution is 0.115. The van der Waals surface area contributed by atoms with Gasteiger partial charge in [0.05, 0.1) is 5.56 Å². The van der Waals surface area contributed by atoms with Crippen LogP contribution in [0.1, 0.15) is 24.0 Å². The summed E-state index contributed by atoms with van der Waals surface area (Å²) in [6, 6.07) is 16.6. The van der Waals surface area contributed by atoms with Gasteiger partial charge >= 0.3 is 0 Å². The molecule has 0 amide bonds. The summed E-state index contributed by atoms with van der Waals surface area (Å²) >= 11 is 0. The Kier molecular flexibility index (Phi) is 5.74. The minimum absolute atomic E-state index is 0.266. The van der Waals surface area contributed by atoms with Crippen molar-refractivity contribution in [2.75, 3.05) is 20.1 Å². The first kappa shape index (κ1) is 18.7. The van der Waals surface area contributed by atoms with Gasteiger partial charge in [-0.2, -0.15) is 0 Å². The molecule has 0 atom stereocenters. The highest BCUT2D eigenvalue weighted by Crippen LogP contribution is 2.31. The summed E-state index contributed by atoms with van der Waals surface area (Å²) in [6.45, 7) is 3.47. The third-order valence-corrected chi connectivity index (χ3v) is 5.38. The van der Waals surface area contributed by atoms with Crippen molar-refractivity contribution in [3.05, 3.63) is 72.1 Å². The summed E-state index contributed by atoms with van der Waals surface area (Å²) in [5, 5.41) is 0. The highest BCUT2D eigenvalue weighted by Gasteiger charge is 2.20. The number of piperidine rings is 1. The van der Waals surface area contributed by atoms with Crippen LogP contribution in [0.2, 0.25) is 0 Å². The number of hydrogen-bond donors (Lipinski definition) is 1. The maximum Gasteiger partial charge on any atom is 0.143 e. The lowest BCUT2D eigenvalue weighted by atomic mass is 10.1. The Morgan fingerprint density at radius 2 is 1.86 bits per heavy atom. The molecule has 1 aliphatic heterocycles. The lowest BCUT2D eigenvalue weighted by Gasteiger charge is -2.29. The molecule has 0 aliphatic carbocycles. The van der Waals surface area contributed by atoms with E-state index >= 15 is 0 Å². The molecule has 4 rings (SSSR count). The maximum absolute atomic E-state index is 6.40. The first-order valence-corrected chi connectivity index (χ1v) is 9.96. The van der Waals surface area contributed by atoms with E-state index in [-0.39, 0.29) is 6.10 Å². The van der Waals surface area contributed by atoms with E-state index in [1.807, 2.05) is 24.5 Å². The number of rotatable bonds is 6. The predicted octanol–water partition coefficient (Wildman–Crippen LogP) is 3.53. The van der Waals surface area contributed by atoms with Crippen LogP contribution >= 0.6 is 0 Å². The van der Waals surface area contributed by atoms with Crippen molar-refractivity contribution in [1.29, 1.82) is 0 Å². The van der Waals surface area contributed by atoms with Crippen molar-refractivity contribution >= 4 is 0 Å². The van der Waals surface area contributed by atoms with Crippen LogP contribution in [0.15, 0.2) is 60.9 Å². The highest BCUT2D eigenvalue weighted by molar-refractivity contribution is 5.64. The van der Waals surface area contributed by atoms with Crippen LogP contribution in [0.4, 0.5) is 0 Å². The number of hydrogen-bond acceptors (Lipinski definition) is 4. The molecule has 2 heterocycles. The number of likely N-dealkylation sites (tertiary alicyclic amines) is 1. The SMILES string of the molecule is CN1CCC(Oc2ccccc2-c2nccn2Cc2cccc(CN)c2)CC1. The molecule has 146 valence electrons. The smallest absolute Gasteiger partial charge is 0.143 e. The van der Waals surface area contributed by atoms with E-state index in [9.17, 15) is 0 Å². The van der Waals surface area contributed by atoms with Crippen LogP contribution in [0.5, 0.6) is 5.75 Å². The Labute approximate surface area is 166 Å². The number of benzene rings is 2. The van der Waals surface area contributed by atoms with E-state index in [1.54, 1.807) is 0 Å². The Balaban J connectivity index is 1.57. The molecule has 0 spiro atoms. The molecule has 0 radical (unpaired) electrons. The largest absolute Gasteiger partial charge is 0.490 e. The molecule has 0 unspecified atom stereocenters. The monoisotopic (exact) mass is 376 g/mol. The fourth-order valence-corrected chi connectivity index (χ4v) is 3.77. The number of para-hydroxylation sites is 1. The number of nitrogens with two attached hydrogens (primary N) is 1. The van der Waals surface area contributed by atoms with Crippen molar-refractivity contribution in [1.82, 2.24) is 14.5 Å². The van der Waals surface area contributed by atoms with Crippen molar-refractivity contribution in [3.8, 4) is 17.1 Å². The topological polar surface area (TPSA) is 56.3 Å². The quantitative estimate of drug-likeness (QED) is 0.715. The van der Waals surface area contributed by atoms with Gasteiger partial charge in [-0.05, 0) is 43.1 Å². The lowest BCUT2D eigenvalue weighted by Crippen LogP contribution is -2.35. The van der Waals surface area contributed by atoms with Crippen LogP contribution in [0.25, 0.3) is 11.4 Å². The standard InChI is InChI=1S/C23H28N4O/c1-26-12-9-20(10-13-26)28-22-8-3-2-7-21(22)23-25-11-14-27(23)17-19-6-4-5-18(15-19)16-24/h2-8,11,14-15,20H,9-10,12-13,16-17,24H2,1H3. The van der Waals surface area contributed by atoms with Gasteiger partial charge in [0.2, 0.25) is 0 Å². The average molecular weight is 377 g/mol. The molecule has 0 bridgehead atoms. The second-order valence-corrected chi connectivity index (χ2v) is 7.52. The second-order valence-electron chi connectivity index (χ2n) is 7.52. The molecule has 3 aromatic rings. The Hall–Kier alpha value is -2.63. The van der Waals surface area contributed by atoms with E-state index < -0.39 is 0 Å². The Morgan fingerprint density at radius 3 is 2.68 bits per heavy atom. The summed E-state index contributed by atoms with van der Waals surface area (Å²) in [5.41, 5.74) is 9.20. The minimum Gasteiger partial charge on any atom is -0.490 e. The summed E-state index contributed by atoms with van der Waals surface area (Å²) in [6.07, 6.45) is 6.27. The zero-order valence-corrected chi connectivity index (χ0v) is 16.4. The molecule has 1 aliphatic rings. The highest BCUT2D eigenvalue weighted by atomic mass is 16.5. The van der Waals surface area contributed by atoms with Crippen molar-refractivity contribution in [2.24, 2.45) is 5.73 Å². The third-order valence-electron chi connectivity index (χ3n) is 5.38. The average Bonchev–Trinajstić information content (AvgIpc) is 3.18. The van der Waals surface area contributed by atoms with E-state index in [2.05, 4.69) is 57.9 Å². The predicted molar refractivity (Wildman–Crippen MR) is 112 cm³/mol. The maximum atomic E-state index is 6.40. The van der Waals surface area contributed by atoms with Crippen LogP contribution < -0.4 is 10.5 Å². The summed E-state index contributed by atoms with van der Waals surface area (Å²) in [4.78, 5) is 7.00. The van der Waals surface area contributed by atoms with Crippen molar-refractivity contribution in [3.63, 3.8) is 0 Å². The van der Waals surface area contributed by atoms with Crippen LogP contribution in [-0.4, -0.2) is 40.7 Å². The van der Waals surface area contributed by atoms with Gasteiger partial charge in [-0.15, -0.1) is 0 Å². The summed E-state index contributed by atoms with van der Waals surface area (Å²) in [5.74, 6) is 1.85. The molecule has 2 aromatic carbocycles. The second kappa shape index (κ2) is 8.59. The number of aromatic nitrogens is 2. The van der Waals surface area contributed by atoms with Gasteiger partial charge in [-0.3, -0.25) is 0 Å². The summed E-state index contributed by atoms with van der Waals surface area (Å²) in [7, 11) is 2.17. The van der Waals surface area contributed by atoms with Gasteiger partial charge in [0, 0.05) is 38.6 Å². The number of nitrogens with zero attached hydrogens (tertiary/aromatic N) is 3. The molecule has 0 saturated carbocycles. The van der Waals surface area contributed by atoms with E-state index in [0.717, 1.165) is 55.2 Å². The fraction of sp³-hybridized carbons (Fsp3) is 0.348. The van der Waals surface area contributed by atoms with E-state index in [0.29, 0.717) is 6.54 Å². The fourth-order valence-electron chi connectivity index (χ4n) is 3.77.